The van der Waals surface area contributed by atoms with E-state index in [9.17, 15) is 9.59 Å². The second kappa shape index (κ2) is 9.59. The second-order valence-electron chi connectivity index (χ2n) is 7.62. The quantitative estimate of drug-likeness (QED) is 0.536. The van der Waals surface area contributed by atoms with Crippen molar-refractivity contribution in [1.29, 1.82) is 0 Å². The van der Waals surface area contributed by atoms with E-state index in [1.165, 1.54) is 4.68 Å². The second-order valence-corrected chi connectivity index (χ2v) is 7.62. The van der Waals surface area contributed by atoms with Crippen LogP contribution in [0.2, 0.25) is 0 Å². The number of urea groups is 1. The van der Waals surface area contributed by atoms with Gasteiger partial charge in [0.15, 0.2) is 5.82 Å². The molecule has 0 unspecified atom stereocenters. The molecule has 9 nitrogen and oxygen atoms in total. The van der Waals surface area contributed by atoms with E-state index in [-0.39, 0.29) is 30.9 Å². The lowest BCUT2D eigenvalue weighted by molar-refractivity contribution is 0.240. The Hall–Kier alpha value is -3.75. The molecule has 9 heteroatoms. The number of benzene rings is 2. The maximum absolute atomic E-state index is 12.9. The highest BCUT2D eigenvalue weighted by Gasteiger charge is 2.30. The number of aromatic nitrogens is 3. The minimum atomic E-state index is -0.300. The van der Waals surface area contributed by atoms with Crippen LogP contribution in [0.3, 0.4) is 0 Å². The molecule has 0 radical (unpaired) electrons. The minimum Gasteiger partial charge on any atom is -0.497 e. The van der Waals surface area contributed by atoms with Crippen molar-refractivity contribution in [3.05, 3.63) is 64.6 Å². The van der Waals surface area contributed by atoms with Crippen molar-refractivity contribution in [1.82, 2.24) is 25.0 Å². The van der Waals surface area contributed by atoms with Crippen LogP contribution >= 0.6 is 0 Å². The summed E-state index contributed by atoms with van der Waals surface area (Å²) in [6.45, 7) is 0.976. The number of hydrogen-bond donors (Lipinski definition) is 2. The van der Waals surface area contributed by atoms with Crippen molar-refractivity contribution in [2.24, 2.45) is 0 Å². The maximum atomic E-state index is 12.9. The first-order valence-corrected chi connectivity index (χ1v) is 10.6. The molecule has 0 bridgehead atoms. The molecule has 4 rings (SSSR count). The molecule has 32 heavy (non-hydrogen) atoms. The van der Waals surface area contributed by atoms with Gasteiger partial charge >= 0.3 is 11.7 Å². The lowest BCUT2D eigenvalue weighted by Gasteiger charge is -2.08. The fourth-order valence-electron chi connectivity index (χ4n) is 3.43. The van der Waals surface area contributed by atoms with E-state index in [0.717, 1.165) is 35.5 Å². The minimum absolute atomic E-state index is 0.154. The van der Waals surface area contributed by atoms with Crippen molar-refractivity contribution in [3.63, 3.8) is 0 Å². The molecule has 0 saturated heterocycles. The smallest absolute Gasteiger partial charge is 0.346 e. The topological polar surface area (TPSA) is 99.4 Å². The normalized spacial score (nSPS) is 12.9. The zero-order valence-corrected chi connectivity index (χ0v) is 18.2. The molecule has 168 valence electrons. The van der Waals surface area contributed by atoms with Crippen molar-refractivity contribution in [3.8, 4) is 22.9 Å². The van der Waals surface area contributed by atoms with E-state index in [0.29, 0.717) is 12.4 Å². The summed E-state index contributed by atoms with van der Waals surface area (Å²) in [5, 5.41) is 10.1. The van der Waals surface area contributed by atoms with Gasteiger partial charge in [0.1, 0.15) is 11.5 Å². The summed E-state index contributed by atoms with van der Waals surface area (Å²) >= 11 is 0. The maximum Gasteiger partial charge on any atom is 0.346 e. The molecule has 1 aromatic heterocycles. The predicted molar refractivity (Wildman–Crippen MR) is 120 cm³/mol. The molecule has 1 saturated carbocycles. The summed E-state index contributed by atoms with van der Waals surface area (Å²) in [6, 6.07) is 14.9. The largest absolute Gasteiger partial charge is 0.497 e. The van der Waals surface area contributed by atoms with Crippen LogP contribution in [0.25, 0.3) is 11.4 Å². The fraction of sp³-hybridized carbons (Fsp3) is 0.348. The van der Waals surface area contributed by atoms with Crippen molar-refractivity contribution < 1.29 is 14.3 Å². The third-order valence-electron chi connectivity index (χ3n) is 5.35. The third kappa shape index (κ3) is 4.93. The molecular weight excluding hydrogens is 410 g/mol. The average Bonchev–Trinajstić information content (AvgIpc) is 3.61. The third-order valence-corrected chi connectivity index (χ3v) is 5.35. The summed E-state index contributed by atoms with van der Waals surface area (Å²) in [4.78, 5) is 25.0. The molecule has 0 spiro atoms. The van der Waals surface area contributed by atoms with Crippen molar-refractivity contribution in [2.75, 3.05) is 20.8 Å². The fourth-order valence-corrected chi connectivity index (χ4v) is 3.43. The summed E-state index contributed by atoms with van der Waals surface area (Å²) in [7, 11) is 3.23. The summed E-state index contributed by atoms with van der Waals surface area (Å²) < 4.78 is 13.5. The number of nitrogens with one attached hydrogen (secondary N) is 2. The van der Waals surface area contributed by atoms with Gasteiger partial charge < -0.3 is 20.1 Å². The van der Waals surface area contributed by atoms with E-state index >= 15 is 0 Å². The Morgan fingerprint density at radius 2 is 1.62 bits per heavy atom. The van der Waals surface area contributed by atoms with Gasteiger partial charge in [-0.25, -0.2) is 14.3 Å². The van der Waals surface area contributed by atoms with Crippen LogP contribution < -0.4 is 25.8 Å². The average molecular weight is 438 g/mol. The molecular formula is C23H27N5O4. The molecule has 0 aliphatic heterocycles. The van der Waals surface area contributed by atoms with Crippen molar-refractivity contribution >= 4 is 6.03 Å². The Balaban J connectivity index is 1.35. The number of ether oxygens (including phenoxy) is 2. The molecule has 1 aliphatic rings. The molecule has 2 amide bonds. The van der Waals surface area contributed by atoms with Gasteiger partial charge in [0.25, 0.3) is 0 Å². The van der Waals surface area contributed by atoms with Crippen LogP contribution in [0.4, 0.5) is 4.79 Å². The Bertz CT molecular complexity index is 1110. The zero-order chi connectivity index (χ0) is 22.5. The summed E-state index contributed by atoms with van der Waals surface area (Å²) in [5.74, 6) is 2.16. The van der Waals surface area contributed by atoms with Gasteiger partial charge in [0.2, 0.25) is 0 Å². The van der Waals surface area contributed by atoms with Crippen LogP contribution in [0, 0.1) is 0 Å². The Morgan fingerprint density at radius 3 is 2.22 bits per heavy atom. The van der Waals surface area contributed by atoms with Crippen LogP contribution in [-0.4, -0.2) is 41.1 Å². The highest BCUT2D eigenvalue weighted by molar-refractivity contribution is 5.73. The van der Waals surface area contributed by atoms with E-state index < -0.39 is 0 Å². The molecule has 1 aliphatic carbocycles. The van der Waals surface area contributed by atoms with Gasteiger partial charge in [-0.05, 0) is 54.8 Å². The number of methoxy groups -OCH3 is 2. The molecule has 2 aromatic carbocycles. The molecule has 1 heterocycles. The van der Waals surface area contributed by atoms with Crippen LogP contribution in [0.5, 0.6) is 11.5 Å². The van der Waals surface area contributed by atoms with Gasteiger partial charge in [0.05, 0.1) is 20.8 Å². The van der Waals surface area contributed by atoms with Gasteiger partial charge in [-0.2, -0.15) is 0 Å². The number of carbonyl (C=O) groups is 1. The van der Waals surface area contributed by atoms with E-state index in [2.05, 4.69) is 15.7 Å². The SMILES string of the molecule is COc1ccc(CNC(=O)NCCn2nc(-c3ccc(OC)cc3)n(C3CC3)c2=O)cc1. The highest BCUT2D eigenvalue weighted by Crippen LogP contribution is 2.36. The predicted octanol–water partition coefficient (Wildman–Crippen LogP) is 2.56. The molecule has 0 atom stereocenters. The molecule has 3 aromatic rings. The summed E-state index contributed by atoms with van der Waals surface area (Å²) in [6.07, 6.45) is 1.95. The van der Waals surface area contributed by atoms with Crippen LogP contribution in [0.1, 0.15) is 24.4 Å². The first-order chi connectivity index (χ1) is 15.6. The Labute approximate surface area is 186 Å². The van der Waals surface area contributed by atoms with Crippen molar-refractivity contribution in [2.45, 2.75) is 32.0 Å². The first kappa shape index (κ1) is 21.5. The van der Waals surface area contributed by atoms with Crippen LogP contribution in [-0.2, 0) is 13.1 Å². The number of hydrogen-bond acceptors (Lipinski definition) is 5. The molecule has 2 N–H and O–H groups in total. The van der Waals surface area contributed by atoms with Gasteiger partial charge in [0, 0.05) is 24.7 Å². The Morgan fingerprint density at radius 1 is 1.00 bits per heavy atom. The summed E-state index contributed by atoms with van der Waals surface area (Å²) in [5.41, 5.74) is 1.67. The zero-order valence-electron chi connectivity index (χ0n) is 18.2. The van der Waals surface area contributed by atoms with Crippen LogP contribution in [0.15, 0.2) is 53.3 Å². The first-order valence-electron chi connectivity index (χ1n) is 10.6. The lowest BCUT2D eigenvalue weighted by atomic mass is 10.2. The monoisotopic (exact) mass is 437 g/mol. The van der Waals surface area contributed by atoms with Gasteiger partial charge in [-0.1, -0.05) is 12.1 Å². The van der Waals surface area contributed by atoms with E-state index in [1.54, 1.807) is 18.8 Å². The number of carbonyl (C=O) groups excluding carboxylic acids is 1. The van der Waals surface area contributed by atoms with Gasteiger partial charge in [-0.3, -0.25) is 4.57 Å². The Kier molecular flexibility index (Phi) is 6.44. The molecule has 1 fully saturated rings. The number of nitrogens with zero attached hydrogens (tertiary/aromatic N) is 3. The number of amides is 2. The van der Waals surface area contributed by atoms with Gasteiger partial charge in [-0.15, -0.1) is 5.10 Å². The van der Waals surface area contributed by atoms with E-state index in [4.69, 9.17) is 9.47 Å². The standard InChI is InChI=1S/C23H27N5O4/c1-31-19-9-3-16(4-10-19)15-25-22(29)24-13-14-27-23(30)28(18-7-8-18)21(26-27)17-5-11-20(32-2)12-6-17/h3-6,9-12,18H,7-8,13-15H2,1-2H3,(H2,24,25,29). The lowest BCUT2D eigenvalue weighted by Crippen LogP contribution is -2.38. The highest BCUT2D eigenvalue weighted by atomic mass is 16.5. The van der Waals surface area contributed by atoms with E-state index in [1.807, 2.05) is 48.5 Å². The number of rotatable bonds is 9.